The van der Waals surface area contributed by atoms with Crippen molar-refractivity contribution in [2.75, 3.05) is 19.0 Å². The molecule has 1 atom stereocenters. The molecule has 0 aliphatic heterocycles. The molecule has 8 heteroatoms. The van der Waals surface area contributed by atoms with Gasteiger partial charge in [-0.05, 0) is 25.1 Å². The summed E-state index contributed by atoms with van der Waals surface area (Å²) in [4.78, 5) is 12.0. The number of urea groups is 1. The number of anilines is 1. The van der Waals surface area contributed by atoms with Crippen LogP contribution in [0.1, 0.15) is 18.1 Å². The van der Waals surface area contributed by atoms with E-state index < -0.39 is 29.2 Å². The Labute approximate surface area is 148 Å². The lowest BCUT2D eigenvalue weighted by Crippen LogP contribution is -2.42. The number of amides is 2. The highest BCUT2D eigenvalue weighted by atomic mass is 19.4. The molecule has 0 fully saturated rings. The van der Waals surface area contributed by atoms with Crippen molar-refractivity contribution in [3.63, 3.8) is 0 Å². The number of methoxy groups -OCH3 is 1. The van der Waals surface area contributed by atoms with E-state index in [1.165, 1.54) is 37.4 Å². The fourth-order valence-corrected chi connectivity index (χ4v) is 2.42. The van der Waals surface area contributed by atoms with Gasteiger partial charge in [0.05, 0.1) is 17.8 Å². The molecule has 26 heavy (non-hydrogen) atoms. The first-order chi connectivity index (χ1) is 12.2. The van der Waals surface area contributed by atoms with Crippen LogP contribution in [0.5, 0.6) is 0 Å². The molecular weight excluding hydrogens is 352 g/mol. The Hall–Kier alpha value is -2.61. The first-order valence-electron chi connectivity index (χ1n) is 7.68. The molecule has 0 saturated heterocycles. The van der Waals surface area contributed by atoms with Crippen LogP contribution >= 0.6 is 0 Å². The molecule has 0 aromatic heterocycles. The Morgan fingerprint density at radius 2 is 1.62 bits per heavy atom. The van der Waals surface area contributed by atoms with Gasteiger partial charge >= 0.3 is 12.2 Å². The lowest BCUT2D eigenvalue weighted by atomic mass is 9.95. The molecule has 2 aromatic carbocycles. The maximum absolute atomic E-state index is 14.0. The molecule has 2 amide bonds. The minimum atomic E-state index is -4.60. The van der Waals surface area contributed by atoms with E-state index in [0.29, 0.717) is 0 Å². The van der Waals surface area contributed by atoms with Gasteiger partial charge in [0.15, 0.2) is 0 Å². The van der Waals surface area contributed by atoms with Crippen LogP contribution in [0.25, 0.3) is 0 Å². The van der Waals surface area contributed by atoms with Gasteiger partial charge in [-0.2, -0.15) is 13.2 Å². The molecule has 0 spiro atoms. The number of hydrogen-bond donors (Lipinski definition) is 2. The van der Waals surface area contributed by atoms with Crippen molar-refractivity contribution in [2.45, 2.75) is 18.7 Å². The molecule has 140 valence electrons. The van der Waals surface area contributed by atoms with E-state index in [1.807, 2.05) is 0 Å². The quantitative estimate of drug-likeness (QED) is 0.760. The van der Waals surface area contributed by atoms with Crippen molar-refractivity contribution in [3.05, 3.63) is 65.5 Å². The summed E-state index contributed by atoms with van der Waals surface area (Å²) in [6.07, 6.45) is -4.60. The average molecular weight is 370 g/mol. The van der Waals surface area contributed by atoms with Crippen molar-refractivity contribution >= 4 is 11.7 Å². The Morgan fingerprint density at radius 3 is 2.19 bits per heavy atom. The molecule has 0 aliphatic rings. The Kier molecular flexibility index (Phi) is 5.86. The van der Waals surface area contributed by atoms with Crippen LogP contribution in [-0.2, 0) is 16.5 Å². The van der Waals surface area contributed by atoms with Crippen molar-refractivity contribution in [1.82, 2.24) is 5.32 Å². The number of rotatable bonds is 5. The van der Waals surface area contributed by atoms with Gasteiger partial charge in [0, 0.05) is 12.7 Å². The van der Waals surface area contributed by atoms with Crippen LogP contribution < -0.4 is 10.6 Å². The van der Waals surface area contributed by atoms with Crippen LogP contribution in [0.4, 0.5) is 28.0 Å². The summed E-state index contributed by atoms with van der Waals surface area (Å²) in [6.45, 7) is 1.42. The predicted molar refractivity (Wildman–Crippen MR) is 89.2 cm³/mol. The second-order valence-electron chi connectivity index (χ2n) is 5.77. The van der Waals surface area contributed by atoms with Gasteiger partial charge in [-0.3, -0.25) is 0 Å². The number of hydrogen-bond acceptors (Lipinski definition) is 2. The molecule has 0 aliphatic carbocycles. The molecule has 0 bridgehead atoms. The van der Waals surface area contributed by atoms with E-state index >= 15 is 0 Å². The third kappa shape index (κ3) is 4.51. The van der Waals surface area contributed by atoms with Crippen LogP contribution in [-0.4, -0.2) is 19.7 Å². The van der Waals surface area contributed by atoms with Crippen molar-refractivity contribution in [2.24, 2.45) is 0 Å². The van der Waals surface area contributed by atoms with Crippen LogP contribution in [0.15, 0.2) is 48.5 Å². The zero-order chi connectivity index (χ0) is 19.4. The van der Waals surface area contributed by atoms with Gasteiger partial charge in [0.1, 0.15) is 11.4 Å². The lowest BCUT2D eigenvalue weighted by Gasteiger charge is -2.29. The zero-order valence-electron chi connectivity index (χ0n) is 14.2. The van der Waals surface area contributed by atoms with Gasteiger partial charge in [0.25, 0.3) is 0 Å². The Balaban J connectivity index is 2.10. The number of nitrogens with one attached hydrogen (secondary N) is 2. The largest absolute Gasteiger partial charge is 0.418 e. The van der Waals surface area contributed by atoms with Gasteiger partial charge in [-0.1, -0.05) is 30.3 Å². The van der Waals surface area contributed by atoms with Gasteiger partial charge < -0.3 is 15.4 Å². The third-order valence-electron chi connectivity index (χ3n) is 3.96. The number of benzene rings is 2. The number of carbonyl (C=O) groups excluding carboxylic acids is 1. The lowest BCUT2D eigenvalue weighted by molar-refractivity contribution is -0.136. The van der Waals surface area contributed by atoms with Crippen LogP contribution in [0.2, 0.25) is 0 Å². The predicted octanol–water partition coefficient (Wildman–Crippen LogP) is 4.53. The van der Waals surface area contributed by atoms with E-state index in [0.717, 1.165) is 12.1 Å². The molecular formula is C18H18F4N2O2. The zero-order valence-corrected chi connectivity index (χ0v) is 14.2. The van der Waals surface area contributed by atoms with Crippen molar-refractivity contribution < 1.29 is 27.1 Å². The molecule has 0 radical (unpaired) electrons. The summed E-state index contributed by atoms with van der Waals surface area (Å²) in [5, 5.41) is 4.58. The van der Waals surface area contributed by atoms with E-state index in [-0.39, 0.29) is 17.8 Å². The molecule has 0 saturated carbocycles. The smallest absolute Gasteiger partial charge is 0.372 e. The summed E-state index contributed by atoms with van der Waals surface area (Å²) in [5.41, 5.74) is -2.30. The normalized spacial score (nSPS) is 13.8. The van der Waals surface area contributed by atoms with E-state index in [9.17, 15) is 22.4 Å². The molecule has 2 N–H and O–H groups in total. The molecule has 2 rings (SSSR count). The fourth-order valence-electron chi connectivity index (χ4n) is 2.42. The minimum Gasteiger partial charge on any atom is -0.372 e. The van der Waals surface area contributed by atoms with Gasteiger partial charge in [0.2, 0.25) is 0 Å². The fraction of sp³-hybridized carbons (Fsp3) is 0.278. The number of alkyl halides is 3. The highest BCUT2D eigenvalue weighted by molar-refractivity contribution is 5.90. The van der Waals surface area contributed by atoms with Gasteiger partial charge in [-0.15, -0.1) is 0 Å². The van der Waals surface area contributed by atoms with E-state index in [4.69, 9.17) is 4.74 Å². The highest BCUT2D eigenvalue weighted by Crippen LogP contribution is 2.34. The molecule has 2 aromatic rings. The maximum atomic E-state index is 14.0. The summed E-state index contributed by atoms with van der Waals surface area (Å²) in [7, 11) is 1.35. The summed E-state index contributed by atoms with van der Waals surface area (Å²) >= 11 is 0. The second-order valence-corrected chi connectivity index (χ2v) is 5.77. The molecule has 0 unspecified atom stereocenters. The first kappa shape index (κ1) is 19.7. The maximum Gasteiger partial charge on any atom is 0.418 e. The van der Waals surface area contributed by atoms with Crippen molar-refractivity contribution in [3.8, 4) is 0 Å². The minimum absolute atomic E-state index is 0.148. The third-order valence-corrected chi connectivity index (χ3v) is 3.96. The summed E-state index contributed by atoms with van der Waals surface area (Å²) in [6, 6.07) is 9.67. The summed E-state index contributed by atoms with van der Waals surface area (Å²) in [5.74, 6) is -0.513. The van der Waals surface area contributed by atoms with Crippen LogP contribution in [0, 0.1) is 5.82 Å². The van der Waals surface area contributed by atoms with E-state index in [2.05, 4.69) is 10.6 Å². The number of ether oxygens (including phenoxy) is 1. The summed E-state index contributed by atoms with van der Waals surface area (Å²) < 4.78 is 58.2. The highest BCUT2D eigenvalue weighted by Gasteiger charge is 2.34. The second kappa shape index (κ2) is 7.74. The van der Waals surface area contributed by atoms with E-state index in [1.54, 1.807) is 13.0 Å². The monoisotopic (exact) mass is 370 g/mol. The number of para-hydroxylation sites is 1. The Morgan fingerprint density at radius 1 is 1.04 bits per heavy atom. The van der Waals surface area contributed by atoms with Crippen molar-refractivity contribution in [1.29, 1.82) is 0 Å². The number of halogens is 4. The molecule has 4 nitrogen and oxygen atoms in total. The van der Waals surface area contributed by atoms with Crippen LogP contribution in [0.3, 0.4) is 0 Å². The first-order valence-corrected chi connectivity index (χ1v) is 7.68. The number of carbonyl (C=O) groups is 1. The Bertz CT molecular complexity index is 780. The SMILES string of the molecule is CO[C@@](C)(CNC(=O)Nc1ccccc1C(F)(F)F)c1ccccc1F. The van der Waals surface area contributed by atoms with Gasteiger partial charge in [-0.25, -0.2) is 9.18 Å². The molecule has 0 heterocycles. The topological polar surface area (TPSA) is 50.4 Å². The standard InChI is InChI=1S/C18H18F4N2O2/c1-17(26-2,12-7-3-5-9-14(12)19)11-23-16(25)24-15-10-6-4-8-13(15)18(20,21)22/h3-10H,11H2,1-2H3,(H2,23,24,25)/t17-/m0/s1. The average Bonchev–Trinajstić information content (AvgIpc) is 2.59.